The molecule has 0 unspecified atom stereocenters. The Bertz CT molecular complexity index is 715. The van der Waals surface area contributed by atoms with E-state index in [0.29, 0.717) is 3.57 Å². The van der Waals surface area contributed by atoms with Gasteiger partial charge in [0.2, 0.25) is 9.05 Å². The molecule has 7 nitrogen and oxygen atoms in total. The molecular weight excluding hydrogens is 433 g/mol. The fourth-order valence-corrected chi connectivity index (χ4v) is 4.88. The molecule has 0 aliphatic rings. The van der Waals surface area contributed by atoms with E-state index in [1.54, 1.807) is 22.6 Å². The Labute approximate surface area is 127 Å². The molecule has 1 aromatic rings. The Hall–Kier alpha value is -0.460. The number of nitro groups is 1. The zero-order valence-electron chi connectivity index (χ0n) is 9.12. The highest BCUT2D eigenvalue weighted by atomic mass is 127. The van der Waals surface area contributed by atoms with Gasteiger partial charge in [0.1, 0.15) is 4.90 Å². The number of benzene rings is 1. The molecule has 0 radical (unpaired) electrons. The summed E-state index contributed by atoms with van der Waals surface area (Å²) in [5, 5.41) is 10.8. The van der Waals surface area contributed by atoms with Crippen LogP contribution in [0, 0.1) is 13.7 Å². The first kappa shape index (κ1) is 16.6. The molecule has 0 atom stereocenters. The summed E-state index contributed by atoms with van der Waals surface area (Å²) in [6.45, 7) is 0. The lowest BCUT2D eigenvalue weighted by molar-refractivity contribution is -0.387. The van der Waals surface area contributed by atoms with Crippen LogP contribution in [0.25, 0.3) is 0 Å². The fraction of sp³-hybridized carbons (Fsp3) is 0.250. The van der Waals surface area contributed by atoms with Gasteiger partial charge in [0.25, 0.3) is 5.69 Å². The number of nitrogens with zero attached hydrogens (tertiary/aromatic N) is 1. The smallest absolute Gasteiger partial charge is 0.258 e. The van der Waals surface area contributed by atoms with Crippen molar-refractivity contribution < 1.29 is 21.8 Å². The monoisotopic (exact) mass is 439 g/mol. The van der Waals surface area contributed by atoms with Crippen LogP contribution in [-0.4, -0.2) is 33.3 Å². The highest BCUT2D eigenvalue weighted by molar-refractivity contribution is 14.1. The Kier molecular flexibility index (Phi) is 5.15. The van der Waals surface area contributed by atoms with E-state index in [0.717, 1.165) is 12.1 Å². The number of hydrogen-bond donors (Lipinski definition) is 0. The molecule has 0 amide bonds. The van der Waals surface area contributed by atoms with Gasteiger partial charge in [-0.3, -0.25) is 10.1 Å². The van der Waals surface area contributed by atoms with Gasteiger partial charge in [-0.15, -0.1) is 0 Å². The summed E-state index contributed by atoms with van der Waals surface area (Å²) in [6.07, 6.45) is 0. The van der Waals surface area contributed by atoms with Gasteiger partial charge in [0.05, 0.1) is 16.4 Å². The van der Waals surface area contributed by atoms with E-state index in [4.69, 9.17) is 10.7 Å². The van der Waals surface area contributed by atoms with Crippen molar-refractivity contribution in [2.75, 3.05) is 11.5 Å². The Balaban J connectivity index is 3.25. The summed E-state index contributed by atoms with van der Waals surface area (Å²) in [5.74, 6) is -1.61. The van der Waals surface area contributed by atoms with Crippen LogP contribution in [0.4, 0.5) is 5.69 Å². The minimum absolute atomic E-state index is 0.494. The largest absolute Gasteiger partial charge is 0.289 e. The minimum Gasteiger partial charge on any atom is -0.258 e. The molecule has 0 aliphatic heterocycles. The van der Waals surface area contributed by atoms with E-state index in [-0.39, 0.29) is 0 Å². The van der Waals surface area contributed by atoms with E-state index in [9.17, 15) is 26.9 Å². The van der Waals surface area contributed by atoms with Gasteiger partial charge in [-0.1, -0.05) is 0 Å². The highest BCUT2D eigenvalue weighted by Gasteiger charge is 2.27. The first-order valence-electron chi connectivity index (χ1n) is 4.62. The third kappa shape index (κ3) is 4.85. The predicted octanol–water partition coefficient (Wildman–Crippen LogP) is 1.54. The maximum absolute atomic E-state index is 11.9. The lowest BCUT2D eigenvalue weighted by atomic mass is 10.3. The molecule has 0 saturated carbocycles. The zero-order valence-corrected chi connectivity index (χ0v) is 13.7. The number of nitro benzene ring substituents is 1. The highest BCUT2D eigenvalue weighted by Crippen LogP contribution is 2.26. The van der Waals surface area contributed by atoms with Crippen molar-refractivity contribution in [2.24, 2.45) is 0 Å². The summed E-state index contributed by atoms with van der Waals surface area (Å²) >= 11 is 1.80. The SMILES string of the molecule is O=[N+]([O-])c1cc(I)ccc1S(=O)(=O)CCS(=O)(=O)Cl. The lowest BCUT2D eigenvalue weighted by Gasteiger charge is -2.04. The number of rotatable bonds is 5. The van der Waals surface area contributed by atoms with Crippen LogP contribution >= 0.6 is 33.3 Å². The fourth-order valence-electron chi connectivity index (χ4n) is 1.22. The van der Waals surface area contributed by atoms with Crippen molar-refractivity contribution in [1.82, 2.24) is 0 Å². The quantitative estimate of drug-likeness (QED) is 0.298. The van der Waals surface area contributed by atoms with E-state index in [1.807, 2.05) is 0 Å². The molecular formula is C8H7ClINO6S2. The van der Waals surface area contributed by atoms with Crippen LogP contribution in [0.5, 0.6) is 0 Å². The minimum atomic E-state index is -4.09. The normalized spacial score (nSPS) is 12.3. The molecule has 19 heavy (non-hydrogen) atoms. The van der Waals surface area contributed by atoms with Crippen molar-refractivity contribution >= 4 is 57.8 Å². The Morgan fingerprint density at radius 1 is 1.21 bits per heavy atom. The zero-order chi connectivity index (χ0) is 14.8. The first-order valence-corrected chi connectivity index (χ1v) is 9.83. The molecule has 1 rings (SSSR count). The van der Waals surface area contributed by atoms with Crippen molar-refractivity contribution in [1.29, 1.82) is 0 Å². The molecule has 0 spiro atoms. The molecule has 0 bridgehead atoms. The van der Waals surface area contributed by atoms with Crippen molar-refractivity contribution in [2.45, 2.75) is 4.90 Å². The van der Waals surface area contributed by atoms with Gasteiger partial charge in [-0.2, -0.15) is 0 Å². The molecule has 0 heterocycles. The van der Waals surface area contributed by atoms with Crippen LogP contribution in [0.3, 0.4) is 0 Å². The molecule has 0 aliphatic carbocycles. The maximum atomic E-state index is 11.9. The molecule has 11 heteroatoms. The van der Waals surface area contributed by atoms with Gasteiger partial charge >= 0.3 is 0 Å². The average Bonchev–Trinajstić information content (AvgIpc) is 2.25. The van der Waals surface area contributed by atoms with E-state index in [2.05, 4.69) is 0 Å². The second-order valence-corrected chi connectivity index (χ2v) is 9.65. The molecule has 0 fully saturated rings. The van der Waals surface area contributed by atoms with Gasteiger partial charge in [-0.25, -0.2) is 16.8 Å². The molecule has 0 N–H and O–H groups in total. The summed E-state index contributed by atoms with van der Waals surface area (Å²) in [6, 6.07) is 3.56. The maximum Gasteiger partial charge on any atom is 0.289 e. The van der Waals surface area contributed by atoms with Crippen molar-refractivity contribution in [3.8, 4) is 0 Å². The summed E-state index contributed by atoms with van der Waals surface area (Å²) < 4.78 is 45.8. The molecule has 0 aromatic heterocycles. The van der Waals surface area contributed by atoms with Crippen LogP contribution in [0.15, 0.2) is 23.1 Å². The summed E-state index contributed by atoms with van der Waals surface area (Å²) in [7, 11) is -3.15. The second kappa shape index (κ2) is 5.89. The summed E-state index contributed by atoms with van der Waals surface area (Å²) in [5.41, 5.74) is -0.584. The van der Waals surface area contributed by atoms with E-state index < -0.39 is 45.9 Å². The predicted molar refractivity (Wildman–Crippen MR) is 77.5 cm³/mol. The van der Waals surface area contributed by atoms with Crippen LogP contribution in [0.1, 0.15) is 0 Å². The standard InChI is InChI=1S/C8H7ClINO6S2/c9-19(16,17)4-3-18(14,15)8-2-1-6(10)5-7(8)11(12)13/h1-2,5H,3-4H2. The molecule has 0 saturated heterocycles. The number of sulfone groups is 1. The second-order valence-electron chi connectivity index (χ2n) is 3.43. The number of hydrogen-bond acceptors (Lipinski definition) is 6. The molecule has 1 aromatic carbocycles. The third-order valence-electron chi connectivity index (χ3n) is 2.05. The van der Waals surface area contributed by atoms with Crippen molar-refractivity contribution in [3.05, 3.63) is 31.9 Å². The van der Waals surface area contributed by atoms with Crippen LogP contribution in [-0.2, 0) is 18.9 Å². The topological polar surface area (TPSA) is 111 Å². The van der Waals surface area contributed by atoms with E-state index in [1.165, 1.54) is 6.07 Å². The average molecular weight is 440 g/mol. The van der Waals surface area contributed by atoms with Gasteiger partial charge in [0.15, 0.2) is 9.84 Å². The molecule has 106 valence electrons. The van der Waals surface area contributed by atoms with Crippen LogP contribution in [0.2, 0.25) is 0 Å². The van der Waals surface area contributed by atoms with Crippen molar-refractivity contribution in [3.63, 3.8) is 0 Å². The number of halogens is 2. The van der Waals surface area contributed by atoms with Gasteiger partial charge in [0, 0.05) is 20.3 Å². The van der Waals surface area contributed by atoms with Crippen LogP contribution < -0.4 is 0 Å². The summed E-state index contributed by atoms with van der Waals surface area (Å²) in [4.78, 5) is 9.47. The Morgan fingerprint density at radius 2 is 1.79 bits per heavy atom. The van der Waals surface area contributed by atoms with Gasteiger partial charge < -0.3 is 0 Å². The van der Waals surface area contributed by atoms with Gasteiger partial charge in [-0.05, 0) is 34.7 Å². The Morgan fingerprint density at radius 3 is 2.26 bits per heavy atom. The van der Waals surface area contributed by atoms with E-state index >= 15 is 0 Å². The lowest BCUT2D eigenvalue weighted by Crippen LogP contribution is -2.15. The third-order valence-corrected chi connectivity index (χ3v) is 5.89. The first-order chi connectivity index (χ1) is 8.53.